The van der Waals surface area contributed by atoms with E-state index in [2.05, 4.69) is 17.0 Å². The van der Waals surface area contributed by atoms with Gasteiger partial charge in [0.1, 0.15) is 4.21 Å². The van der Waals surface area contributed by atoms with Crippen molar-refractivity contribution in [3.05, 3.63) is 17.0 Å². The molecule has 0 saturated carbocycles. The lowest BCUT2D eigenvalue weighted by atomic mass is 10.0. The van der Waals surface area contributed by atoms with Gasteiger partial charge in [0.15, 0.2) is 0 Å². The van der Waals surface area contributed by atoms with Crippen molar-refractivity contribution in [3.8, 4) is 0 Å². The van der Waals surface area contributed by atoms with E-state index in [0.29, 0.717) is 10.8 Å². The first-order chi connectivity index (χ1) is 8.80. The summed E-state index contributed by atoms with van der Waals surface area (Å²) in [5.41, 5.74) is 0.611. The number of nitrogens with one attached hydrogen (secondary N) is 2. The Kier molecular flexibility index (Phi) is 5.98. The van der Waals surface area contributed by atoms with Crippen LogP contribution in [-0.2, 0) is 16.6 Å². The summed E-state index contributed by atoms with van der Waals surface area (Å²) in [4.78, 5) is 0. The van der Waals surface area contributed by atoms with E-state index in [1.165, 1.54) is 11.3 Å². The van der Waals surface area contributed by atoms with Gasteiger partial charge < -0.3 is 5.32 Å². The molecule has 1 heterocycles. The van der Waals surface area contributed by atoms with E-state index < -0.39 is 15.6 Å². The highest BCUT2D eigenvalue weighted by atomic mass is 32.2. The molecular weight excluding hydrogens is 280 g/mol. The van der Waals surface area contributed by atoms with Gasteiger partial charge in [0.25, 0.3) is 10.0 Å². The van der Waals surface area contributed by atoms with Gasteiger partial charge in [0.05, 0.1) is 0 Å². The number of hydrogen-bond acceptors (Lipinski definition) is 4. The SMILES string of the molecule is CCCC(C)(C)NS(=O)(=O)c1cc(CNCC)cs1. The molecule has 0 aliphatic rings. The van der Waals surface area contributed by atoms with E-state index >= 15 is 0 Å². The average molecular weight is 304 g/mol. The lowest BCUT2D eigenvalue weighted by Gasteiger charge is -2.24. The van der Waals surface area contributed by atoms with Gasteiger partial charge >= 0.3 is 0 Å². The monoisotopic (exact) mass is 304 g/mol. The maximum atomic E-state index is 12.3. The Morgan fingerprint density at radius 1 is 1.32 bits per heavy atom. The Morgan fingerprint density at radius 3 is 2.58 bits per heavy atom. The molecule has 4 nitrogen and oxygen atoms in total. The molecule has 6 heteroatoms. The van der Waals surface area contributed by atoms with Crippen LogP contribution in [0.5, 0.6) is 0 Å². The number of rotatable bonds is 8. The van der Waals surface area contributed by atoms with Crippen LogP contribution < -0.4 is 10.0 Å². The van der Waals surface area contributed by atoms with E-state index in [1.807, 2.05) is 26.2 Å². The number of hydrogen-bond donors (Lipinski definition) is 2. The van der Waals surface area contributed by atoms with Crippen molar-refractivity contribution < 1.29 is 8.42 Å². The second kappa shape index (κ2) is 6.83. The Balaban J connectivity index is 2.80. The van der Waals surface area contributed by atoms with Crippen molar-refractivity contribution in [1.82, 2.24) is 10.0 Å². The topological polar surface area (TPSA) is 58.2 Å². The summed E-state index contributed by atoms with van der Waals surface area (Å²) in [6, 6.07) is 1.75. The highest BCUT2D eigenvalue weighted by Crippen LogP contribution is 2.23. The summed E-state index contributed by atoms with van der Waals surface area (Å²) in [6.45, 7) is 9.50. The van der Waals surface area contributed by atoms with Crippen molar-refractivity contribution in [2.75, 3.05) is 6.54 Å². The average Bonchev–Trinajstić information content (AvgIpc) is 2.73. The Morgan fingerprint density at radius 2 is 2.00 bits per heavy atom. The molecule has 0 aliphatic carbocycles. The summed E-state index contributed by atoms with van der Waals surface area (Å²) in [7, 11) is -3.40. The molecule has 0 aliphatic heterocycles. The number of thiophene rings is 1. The standard InChI is InChI=1S/C13H24N2O2S2/c1-5-7-13(3,4)15-19(16,17)12-8-11(10-18-12)9-14-6-2/h8,10,14-15H,5-7,9H2,1-4H3. The molecule has 110 valence electrons. The van der Waals surface area contributed by atoms with Gasteiger partial charge in [-0.3, -0.25) is 0 Å². The van der Waals surface area contributed by atoms with Crippen molar-refractivity contribution >= 4 is 21.4 Å². The molecular formula is C13H24N2O2S2. The fourth-order valence-corrected chi connectivity index (χ4v) is 4.60. The normalized spacial score (nSPS) is 12.8. The Bertz CT molecular complexity index is 492. The van der Waals surface area contributed by atoms with Crippen molar-refractivity contribution in [1.29, 1.82) is 0 Å². The van der Waals surface area contributed by atoms with Gasteiger partial charge in [-0.15, -0.1) is 11.3 Å². The first-order valence-corrected chi connectivity index (χ1v) is 8.99. The minimum Gasteiger partial charge on any atom is -0.313 e. The van der Waals surface area contributed by atoms with Crippen molar-refractivity contribution in [2.45, 2.75) is 56.8 Å². The third-order valence-electron chi connectivity index (χ3n) is 2.76. The van der Waals surface area contributed by atoms with Crippen molar-refractivity contribution in [2.24, 2.45) is 0 Å². The molecule has 0 radical (unpaired) electrons. The zero-order chi connectivity index (χ0) is 14.5. The highest BCUT2D eigenvalue weighted by Gasteiger charge is 2.26. The van der Waals surface area contributed by atoms with Crippen LogP contribution in [0, 0.1) is 0 Å². The molecule has 0 bridgehead atoms. The van der Waals surface area contributed by atoms with Crippen LogP contribution in [-0.4, -0.2) is 20.5 Å². The summed E-state index contributed by atoms with van der Waals surface area (Å²) >= 11 is 1.28. The lowest BCUT2D eigenvalue weighted by Crippen LogP contribution is -2.42. The molecule has 2 N–H and O–H groups in total. The molecule has 0 spiro atoms. The quantitative estimate of drug-likeness (QED) is 0.776. The van der Waals surface area contributed by atoms with Gasteiger partial charge in [-0.2, -0.15) is 0 Å². The van der Waals surface area contributed by atoms with Crippen LogP contribution in [0.15, 0.2) is 15.7 Å². The molecule has 0 saturated heterocycles. The zero-order valence-corrected chi connectivity index (χ0v) is 13.7. The van der Waals surface area contributed by atoms with Crippen LogP contribution in [0.4, 0.5) is 0 Å². The predicted molar refractivity (Wildman–Crippen MR) is 81.0 cm³/mol. The van der Waals surface area contributed by atoms with Gasteiger partial charge in [-0.1, -0.05) is 20.3 Å². The van der Waals surface area contributed by atoms with E-state index in [-0.39, 0.29) is 0 Å². The maximum Gasteiger partial charge on any atom is 0.250 e. The first kappa shape index (κ1) is 16.6. The fourth-order valence-electron chi connectivity index (χ4n) is 1.95. The molecule has 19 heavy (non-hydrogen) atoms. The van der Waals surface area contributed by atoms with Crippen molar-refractivity contribution in [3.63, 3.8) is 0 Å². The number of sulfonamides is 1. The zero-order valence-electron chi connectivity index (χ0n) is 12.1. The van der Waals surface area contributed by atoms with Gasteiger partial charge in [0, 0.05) is 12.1 Å². The molecule has 0 fully saturated rings. The second-order valence-corrected chi connectivity index (χ2v) is 8.11. The molecule has 1 aromatic rings. The van der Waals surface area contributed by atoms with Gasteiger partial charge in [-0.25, -0.2) is 13.1 Å². The molecule has 0 aromatic carbocycles. The second-order valence-electron chi connectivity index (χ2n) is 5.29. The van der Waals surface area contributed by atoms with Crippen LogP contribution in [0.2, 0.25) is 0 Å². The highest BCUT2D eigenvalue weighted by molar-refractivity contribution is 7.91. The minimum atomic E-state index is -3.40. The molecule has 0 unspecified atom stereocenters. The summed E-state index contributed by atoms with van der Waals surface area (Å²) in [5.74, 6) is 0. The Hall–Kier alpha value is -0.430. The minimum absolute atomic E-state index is 0.393. The Labute approximate surface area is 120 Å². The third-order valence-corrected chi connectivity index (χ3v) is 5.95. The largest absolute Gasteiger partial charge is 0.313 e. The summed E-state index contributed by atoms with van der Waals surface area (Å²) in [6.07, 6.45) is 1.77. The van der Waals surface area contributed by atoms with Crippen LogP contribution >= 0.6 is 11.3 Å². The van der Waals surface area contributed by atoms with E-state index in [4.69, 9.17) is 0 Å². The molecule has 1 rings (SSSR count). The van der Waals surface area contributed by atoms with Crippen LogP contribution in [0.25, 0.3) is 0 Å². The molecule has 1 aromatic heterocycles. The molecule has 0 atom stereocenters. The van der Waals surface area contributed by atoms with E-state index in [1.54, 1.807) is 6.07 Å². The first-order valence-electron chi connectivity index (χ1n) is 6.63. The predicted octanol–water partition coefficient (Wildman–Crippen LogP) is 2.71. The summed E-state index contributed by atoms with van der Waals surface area (Å²) < 4.78 is 27.8. The third kappa shape index (κ3) is 5.22. The smallest absolute Gasteiger partial charge is 0.250 e. The lowest BCUT2D eigenvalue weighted by molar-refractivity contribution is 0.418. The fraction of sp³-hybridized carbons (Fsp3) is 0.692. The summed E-state index contributed by atoms with van der Waals surface area (Å²) in [5, 5.41) is 5.08. The van der Waals surface area contributed by atoms with Crippen LogP contribution in [0.1, 0.15) is 46.1 Å². The maximum absolute atomic E-state index is 12.3. The van der Waals surface area contributed by atoms with Crippen LogP contribution in [0.3, 0.4) is 0 Å². The van der Waals surface area contributed by atoms with E-state index in [9.17, 15) is 8.42 Å². The molecule has 0 amide bonds. The van der Waals surface area contributed by atoms with Gasteiger partial charge in [-0.05, 0) is 43.8 Å². The van der Waals surface area contributed by atoms with Gasteiger partial charge in [0.2, 0.25) is 0 Å². The van der Waals surface area contributed by atoms with E-state index in [0.717, 1.165) is 24.9 Å².